The smallest absolute Gasteiger partial charge is 0.147 e. The number of ether oxygens (including phenoxy) is 1. The summed E-state index contributed by atoms with van der Waals surface area (Å²) >= 11 is 19.3. The van der Waals surface area contributed by atoms with Crippen molar-refractivity contribution >= 4 is 45.8 Å². The van der Waals surface area contributed by atoms with E-state index in [1.165, 1.54) is 19.2 Å². The number of hydrogen-bond donors (Lipinski definition) is 3. The van der Waals surface area contributed by atoms with Gasteiger partial charge < -0.3 is 14.8 Å². The highest BCUT2D eigenvalue weighted by Crippen LogP contribution is 2.34. The molecule has 0 bridgehead atoms. The Morgan fingerprint density at radius 1 is 1.11 bits per heavy atom. The summed E-state index contributed by atoms with van der Waals surface area (Å²) < 4.78 is 21.0. The first-order valence-electron chi connectivity index (χ1n) is 11.5. The molecule has 2 atom stereocenters. The van der Waals surface area contributed by atoms with Gasteiger partial charge in [0.05, 0.1) is 44.8 Å². The molecule has 3 N–H and O–H groups in total. The van der Waals surface area contributed by atoms with Crippen LogP contribution < -0.4 is 10.1 Å². The highest BCUT2D eigenvalue weighted by molar-refractivity contribution is 6.36. The summed E-state index contributed by atoms with van der Waals surface area (Å²) in [5, 5.41) is 19.3. The molecule has 2 unspecified atom stereocenters. The van der Waals surface area contributed by atoms with Gasteiger partial charge in [0.2, 0.25) is 0 Å². The van der Waals surface area contributed by atoms with Crippen LogP contribution in [0.4, 0.5) is 4.39 Å². The quantitative estimate of drug-likeness (QED) is 0.197. The Hall–Kier alpha value is -3.21. The zero-order chi connectivity index (χ0) is 27.0. The third-order valence-electron chi connectivity index (χ3n) is 6.08. The minimum atomic E-state index is -1.23. The van der Waals surface area contributed by atoms with Crippen molar-refractivity contribution in [3.63, 3.8) is 0 Å². The van der Waals surface area contributed by atoms with Crippen LogP contribution >= 0.6 is 34.8 Å². The summed E-state index contributed by atoms with van der Waals surface area (Å²) in [6.07, 6.45) is 0.322. The number of nitrogens with zero attached hydrogens (tertiary/aromatic N) is 4. The fraction of sp³-hybridized carbons (Fsp3) is 0.192. The van der Waals surface area contributed by atoms with E-state index in [0.717, 1.165) is 0 Å². The molecule has 0 amide bonds. The van der Waals surface area contributed by atoms with E-state index >= 15 is 0 Å². The first-order chi connectivity index (χ1) is 18.2. The summed E-state index contributed by atoms with van der Waals surface area (Å²) in [7, 11) is 1.53. The number of rotatable bonds is 8. The number of aryl methyl sites for hydroxylation is 1. The average Bonchev–Trinajstić information content (AvgIpc) is 3.49. The van der Waals surface area contributed by atoms with Gasteiger partial charge >= 0.3 is 0 Å². The van der Waals surface area contributed by atoms with E-state index in [1.807, 2.05) is 0 Å². The molecular formula is C26H22Cl3FN6O2. The minimum absolute atomic E-state index is 0.173. The molecule has 0 aliphatic rings. The van der Waals surface area contributed by atoms with Crippen LogP contribution in [0, 0.1) is 12.7 Å². The maximum Gasteiger partial charge on any atom is 0.147 e. The van der Waals surface area contributed by atoms with Crippen molar-refractivity contribution in [2.24, 2.45) is 0 Å². The fourth-order valence-electron chi connectivity index (χ4n) is 4.21. The number of aliphatic hydroxyl groups is 1. The zero-order valence-corrected chi connectivity index (χ0v) is 22.5. The number of aliphatic hydroxyl groups excluding tert-OH is 1. The Morgan fingerprint density at radius 2 is 1.87 bits per heavy atom. The second kappa shape index (κ2) is 10.9. The van der Waals surface area contributed by atoms with Crippen LogP contribution in [0.1, 0.15) is 34.9 Å². The van der Waals surface area contributed by atoms with Crippen molar-refractivity contribution < 1.29 is 14.2 Å². The highest BCUT2D eigenvalue weighted by Gasteiger charge is 2.23. The van der Waals surface area contributed by atoms with Crippen LogP contribution in [0.2, 0.25) is 15.1 Å². The number of hydrogen-bond acceptors (Lipinski definition) is 6. The first kappa shape index (κ1) is 26.4. The van der Waals surface area contributed by atoms with Crippen LogP contribution in [0.25, 0.3) is 16.7 Å². The summed E-state index contributed by atoms with van der Waals surface area (Å²) in [5.74, 6) is 0.773. The molecule has 5 aromatic rings. The van der Waals surface area contributed by atoms with Crippen LogP contribution in [0.3, 0.4) is 0 Å². The van der Waals surface area contributed by atoms with Crippen molar-refractivity contribution in [1.29, 1.82) is 0 Å². The number of aromatic nitrogens is 5. The topological polar surface area (TPSA) is 101 Å². The molecule has 38 heavy (non-hydrogen) atoms. The predicted molar refractivity (Wildman–Crippen MR) is 145 cm³/mol. The van der Waals surface area contributed by atoms with E-state index in [2.05, 4.69) is 20.4 Å². The molecule has 0 saturated heterocycles. The number of benzene rings is 3. The minimum Gasteiger partial charge on any atom is -0.495 e. The molecule has 0 spiro atoms. The lowest BCUT2D eigenvalue weighted by Gasteiger charge is -2.21. The van der Waals surface area contributed by atoms with E-state index in [-0.39, 0.29) is 22.4 Å². The van der Waals surface area contributed by atoms with Gasteiger partial charge in [0, 0.05) is 18.2 Å². The standard InChI is InChI=1S/C26H22Cl3FN6O2/c1-13-32-12-36(35-13)16-7-19(28)24(20(29)8-16)26(37)31-11-17(14-4-3-5-15(30)6-14)25-33-21-9-18(27)23(38-2)10-22(21)34-25/h3-10,12,17,26,31,37H,11H2,1-2H3,(H,33,34). The Bertz CT molecular complexity index is 1600. The third kappa shape index (κ3) is 5.34. The maximum atomic E-state index is 14.2. The van der Waals surface area contributed by atoms with Gasteiger partial charge in [0.25, 0.3) is 0 Å². The second-order valence-electron chi connectivity index (χ2n) is 8.60. The summed E-state index contributed by atoms with van der Waals surface area (Å²) in [5.41, 5.74) is 2.88. The molecule has 5 rings (SSSR count). The Kier molecular flexibility index (Phi) is 7.56. The lowest BCUT2D eigenvalue weighted by molar-refractivity contribution is 0.138. The van der Waals surface area contributed by atoms with Gasteiger partial charge in [-0.15, -0.1) is 0 Å². The lowest BCUT2D eigenvalue weighted by atomic mass is 9.98. The van der Waals surface area contributed by atoms with Crippen LogP contribution in [-0.2, 0) is 0 Å². The van der Waals surface area contributed by atoms with Crippen LogP contribution in [0.15, 0.2) is 54.9 Å². The van der Waals surface area contributed by atoms with Gasteiger partial charge in [-0.1, -0.05) is 46.9 Å². The van der Waals surface area contributed by atoms with E-state index in [0.29, 0.717) is 50.3 Å². The van der Waals surface area contributed by atoms with Gasteiger partial charge in [-0.3, -0.25) is 5.32 Å². The lowest BCUT2D eigenvalue weighted by Crippen LogP contribution is -2.28. The van der Waals surface area contributed by atoms with Crippen molar-refractivity contribution in [3.05, 3.63) is 98.5 Å². The predicted octanol–water partition coefficient (Wildman–Crippen LogP) is 5.97. The molecule has 8 nitrogen and oxygen atoms in total. The van der Waals surface area contributed by atoms with Gasteiger partial charge in [0.15, 0.2) is 0 Å². The van der Waals surface area contributed by atoms with Crippen LogP contribution in [-0.4, -0.2) is 43.5 Å². The van der Waals surface area contributed by atoms with Crippen molar-refractivity contribution in [3.8, 4) is 11.4 Å². The summed E-state index contributed by atoms with van der Waals surface area (Å²) in [6.45, 7) is 1.94. The van der Waals surface area contributed by atoms with Gasteiger partial charge in [0.1, 0.15) is 35.8 Å². The molecule has 0 radical (unpaired) electrons. The molecule has 3 aromatic carbocycles. The Labute approximate surface area is 232 Å². The van der Waals surface area contributed by atoms with Gasteiger partial charge in [-0.25, -0.2) is 19.0 Å². The molecule has 196 valence electrons. The number of H-pyrrole nitrogens is 1. The van der Waals surface area contributed by atoms with Crippen molar-refractivity contribution in [1.82, 2.24) is 30.0 Å². The molecule has 2 heterocycles. The van der Waals surface area contributed by atoms with E-state index in [9.17, 15) is 9.50 Å². The SMILES string of the molecule is COc1cc2nc(C(CNC(O)c3c(Cl)cc(-n4cnc(C)n4)cc3Cl)c3cccc(F)c3)[nH]c2cc1Cl. The van der Waals surface area contributed by atoms with Gasteiger partial charge in [-0.05, 0) is 42.8 Å². The van der Waals surface area contributed by atoms with Crippen molar-refractivity contribution in [2.45, 2.75) is 19.1 Å². The molecule has 0 aliphatic carbocycles. The third-order valence-corrected chi connectivity index (χ3v) is 7.00. The maximum absolute atomic E-state index is 14.2. The first-order valence-corrected chi connectivity index (χ1v) is 12.6. The molecular weight excluding hydrogens is 554 g/mol. The largest absolute Gasteiger partial charge is 0.495 e. The summed E-state index contributed by atoms with van der Waals surface area (Å²) in [4.78, 5) is 12.1. The van der Waals surface area contributed by atoms with E-state index < -0.39 is 12.1 Å². The molecule has 0 aliphatic heterocycles. The van der Waals surface area contributed by atoms with E-state index in [1.54, 1.807) is 54.3 Å². The number of nitrogens with one attached hydrogen (secondary N) is 2. The van der Waals surface area contributed by atoms with Crippen molar-refractivity contribution in [2.75, 3.05) is 13.7 Å². The monoisotopic (exact) mass is 574 g/mol. The molecule has 12 heteroatoms. The molecule has 0 saturated carbocycles. The number of methoxy groups -OCH3 is 1. The number of halogens is 4. The summed E-state index contributed by atoms with van der Waals surface area (Å²) in [6, 6.07) is 12.9. The Balaban J connectivity index is 1.45. The Morgan fingerprint density at radius 3 is 2.53 bits per heavy atom. The zero-order valence-electron chi connectivity index (χ0n) is 20.2. The van der Waals surface area contributed by atoms with E-state index in [4.69, 9.17) is 44.5 Å². The number of imidazole rings is 1. The van der Waals surface area contributed by atoms with Crippen LogP contribution in [0.5, 0.6) is 5.75 Å². The fourth-order valence-corrected chi connectivity index (χ4v) is 5.14. The number of fused-ring (bicyclic) bond motifs is 1. The highest BCUT2D eigenvalue weighted by atomic mass is 35.5. The molecule has 2 aromatic heterocycles. The normalized spacial score (nSPS) is 13.1. The molecule has 0 fully saturated rings. The number of aromatic amines is 1. The van der Waals surface area contributed by atoms with Gasteiger partial charge in [-0.2, -0.15) is 5.10 Å². The average molecular weight is 576 g/mol. The second-order valence-corrected chi connectivity index (χ2v) is 9.83.